The van der Waals surface area contributed by atoms with Crippen LogP contribution in [0.3, 0.4) is 0 Å². The number of nitrogens with zero attached hydrogens (tertiary/aromatic N) is 1. The Morgan fingerprint density at radius 3 is 2.06 bits per heavy atom. The highest BCUT2D eigenvalue weighted by Crippen LogP contribution is 2.02. The third-order valence-electron chi connectivity index (χ3n) is 2.99. The zero-order chi connectivity index (χ0) is 13.6. The monoisotopic (exact) mass is 243 g/mol. The first kappa shape index (κ1) is 15.9. The molecule has 1 atom stereocenters. The van der Waals surface area contributed by atoms with Crippen molar-refractivity contribution >= 4 is 11.8 Å². The summed E-state index contributed by atoms with van der Waals surface area (Å²) in [6, 6.07) is -0.491. The van der Waals surface area contributed by atoms with Gasteiger partial charge in [-0.2, -0.15) is 0 Å². The average Bonchev–Trinajstić information content (AvgIpc) is 2.30. The minimum Gasteiger partial charge on any atom is -0.343 e. The zero-order valence-corrected chi connectivity index (χ0v) is 11.8. The molecule has 0 aromatic rings. The second-order valence-electron chi connectivity index (χ2n) is 4.58. The van der Waals surface area contributed by atoms with Crippen molar-refractivity contribution in [1.29, 1.82) is 0 Å². The fourth-order valence-corrected chi connectivity index (χ4v) is 1.36. The molecule has 0 rings (SSSR count). The second kappa shape index (κ2) is 6.59. The Hall–Kier alpha value is -1.10. The van der Waals surface area contributed by atoms with E-state index in [0.29, 0.717) is 13.1 Å². The first-order valence-electron chi connectivity index (χ1n) is 6.08. The molecule has 0 heterocycles. The van der Waals surface area contributed by atoms with E-state index in [1.54, 1.807) is 32.7 Å². The summed E-state index contributed by atoms with van der Waals surface area (Å²) < 4.78 is 0. The topological polar surface area (TPSA) is 61.4 Å². The number of carbonyl (C=O) groups is 2. The van der Waals surface area contributed by atoms with Crippen molar-refractivity contribution in [2.75, 3.05) is 20.1 Å². The van der Waals surface area contributed by atoms with Crippen LogP contribution in [-0.4, -0.2) is 48.4 Å². The van der Waals surface area contributed by atoms with Gasteiger partial charge in [0.05, 0.1) is 5.54 Å². The van der Waals surface area contributed by atoms with Gasteiger partial charge in [0.15, 0.2) is 0 Å². The Kier molecular flexibility index (Phi) is 6.16. The van der Waals surface area contributed by atoms with Crippen LogP contribution >= 0.6 is 0 Å². The lowest BCUT2D eigenvalue weighted by Gasteiger charge is -2.27. The van der Waals surface area contributed by atoms with Gasteiger partial charge in [-0.1, -0.05) is 0 Å². The smallest absolute Gasteiger partial charge is 0.244 e. The molecule has 0 aliphatic heterocycles. The summed E-state index contributed by atoms with van der Waals surface area (Å²) in [5, 5.41) is 5.63. The van der Waals surface area contributed by atoms with Crippen molar-refractivity contribution in [2.45, 2.75) is 46.2 Å². The van der Waals surface area contributed by atoms with Crippen LogP contribution in [0.25, 0.3) is 0 Å². The van der Waals surface area contributed by atoms with E-state index in [1.807, 2.05) is 13.8 Å². The molecular weight excluding hydrogens is 218 g/mol. The fourth-order valence-electron chi connectivity index (χ4n) is 1.36. The van der Waals surface area contributed by atoms with Crippen LogP contribution in [0, 0.1) is 0 Å². The summed E-state index contributed by atoms with van der Waals surface area (Å²) in [5.74, 6) is -0.219. The van der Waals surface area contributed by atoms with Crippen LogP contribution in [-0.2, 0) is 9.59 Å². The molecule has 0 aliphatic carbocycles. The fraction of sp³-hybridized carbons (Fsp3) is 0.833. The summed E-state index contributed by atoms with van der Waals surface area (Å²) in [6.45, 7) is 10.4. The van der Waals surface area contributed by atoms with Crippen molar-refractivity contribution in [1.82, 2.24) is 15.5 Å². The SMILES string of the molecule is CCN(CC)C(=O)C(C)NC(=O)C(C)(C)NC. The summed E-state index contributed by atoms with van der Waals surface area (Å²) in [4.78, 5) is 25.5. The molecule has 5 heteroatoms. The number of amides is 2. The molecule has 0 spiro atoms. The standard InChI is InChI=1S/C12H25N3O2/c1-7-15(8-2)10(16)9(3)14-11(17)12(4,5)13-6/h9,13H,7-8H2,1-6H3,(H,14,17). The van der Waals surface area contributed by atoms with E-state index in [-0.39, 0.29) is 11.8 Å². The van der Waals surface area contributed by atoms with Crippen molar-refractivity contribution in [3.05, 3.63) is 0 Å². The zero-order valence-electron chi connectivity index (χ0n) is 11.8. The van der Waals surface area contributed by atoms with Crippen molar-refractivity contribution < 1.29 is 9.59 Å². The summed E-state index contributed by atoms with van der Waals surface area (Å²) >= 11 is 0. The maximum absolute atomic E-state index is 11.9. The molecule has 2 amide bonds. The van der Waals surface area contributed by atoms with Crippen LogP contribution < -0.4 is 10.6 Å². The maximum atomic E-state index is 11.9. The Morgan fingerprint density at radius 2 is 1.71 bits per heavy atom. The minimum absolute atomic E-state index is 0.0461. The molecule has 0 bridgehead atoms. The third-order valence-corrected chi connectivity index (χ3v) is 2.99. The van der Waals surface area contributed by atoms with E-state index in [4.69, 9.17) is 0 Å². The van der Waals surface area contributed by atoms with Crippen LogP contribution in [0.1, 0.15) is 34.6 Å². The summed E-state index contributed by atoms with van der Waals surface area (Å²) in [6.07, 6.45) is 0. The van der Waals surface area contributed by atoms with E-state index >= 15 is 0 Å². The number of hydrogen-bond donors (Lipinski definition) is 2. The predicted molar refractivity (Wildman–Crippen MR) is 68.7 cm³/mol. The maximum Gasteiger partial charge on any atom is 0.244 e. The van der Waals surface area contributed by atoms with Gasteiger partial charge in [0.1, 0.15) is 6.04 Å². The van der Waals surface area contributed by atoms with E-state index in [2.05, 4.69) is 10.6 Å². The van der Waals surface area contributed by atoms with Gasteiger partial charge < -0.3 is 15.5 Å². The summed E-state index contributed by atoms with van der Waals surface area (Å²) in [7, 11) is 1.72. The highest BCUT2D eigenvalue weighted by Gasteiger charge is 2.28. The molecule has 0 fully saturated rings. The number of nitrogens with one attached hydrogen (secondary N) is 2. The molecule has 0 aromatic heterocycles. The number of hydrogen-bond acceptors (Lipinski definition) is 3. The van der Waals surface area contributed by atoms with E-state index in [9.17, 15) is 9.59 Å². The second-order valence-corrected chi connectivity index (χ2v) is 4.58. The van der Waals surface area contributed by atoms with Gasteiger partial charge in [0, 0.05) is 13.1 Å². The first-order chi connectivity index (χ1) is 7.80. The van der Waals surface area contributed by atoms with Gasteiger partial charge in [-0.25, -0.2) is 0 Å². The van der Waals surface area contributed by atoms with Gasteiger partial charge in [-0.15, -0.1) is 0 Å². The van der Waals surface area contributed by atoms with Crippen LogP contribution in [0.5, 0.6) is 0 Å². The van der Waals surface area contributed by atoms with Crippen molar-refractivity contribution in [3.63, 3.8) is 0 Å². The molecule has 1 unspecified atom stereocenters. The normalized spacial score (nSPS) is 13.1. The van der Waals surface area contributed by atoms with Crippen molar-refractivity contribution in [3.8, 4) is 0 Å². The lowest BCUT2D eigenvalue weighted by molar-refractivity contribution is -0.137. The lowest BCUT2D eigenvalue weighted by Crippen LogP contribution is -2.56. The Labute approximate surface area is 104 Å². The Morgan fingerprint density at radius 1 is 1.24 bits per heavy atom. The number of carbonyl (C=O) groups excluding carboxylic acids is 2. The number of rotatable bonds is 6. The molecule has 17 heavy (non-hydrogen) atoms. The number of likely N-dealkylation sites (N-methyl/N-ethyl adjacent to an activating group) is 2. The molecule has 2 N–H and O–H groups in total. The largest absolute Gasteiger partial charge is 0.343 e. The predicted octanol–water partition coefficient (Wildman–Crippen LogP) is 0.358. The molecular formula is C12H25N3O2. The first-order valence-corrected chi connectivity index (χ1v) is 6.08. The molecule has 5 nitrogen and oxygen atoms in total. The Bertz CT molecular complexity index is 273. The van der Waals surface area contributed by atoms with Crippen LogP contribution in [0.4, 0.5) is 0 Å². The van der Waals surface area contributed by atoms with Crippen LogP contribution in [0.15, 0.2) is 0 Å². The van der Waals surface area contributed by atoms with Crippen LogP contribution in [0.2, 0.25) is 0 Å². The molecule has 0 aliphatic rings. The minimum atomic E-state index is -0.669. The average molecular weight is 243 g/mol. The Balaban J connectivity index is 4.50. The quantitative estimate of drug-likeness (QED) is 0.708. The van der Waals surface area contributed by atoms with E-state index < -0.39 is 11.6 Å². The lowest BCUT2D eigenvalue weighted by atomic mass is 10.0. The van der Waals surface area contributed by atoms with Crippen molar-refractivity contribution in [2.24, 2.45) is 0 Å². The van der Waals surface area contributed by atoms with E-state index in [0.717, 1.165) is 0 Å². The van der Waals surface area contributed by atoms with Gasteiger partial charge >= 0.3 is 0 Å². The molecule has 100 valence electrons. The molecule has 0 saturated heterocycles. The third kappa shape index (κ3) is 4.34. The highest BCUT2D eigenvalue weighted by molar-refractivity contribution is 5.91. The molecule has 0 radical (unpaired) electrons. The summed E-state index contributed by atoms with van der Waals surface area (Å²) in [5.41, 5.74) is -0.669. The van der Waals surface area contributed by atoms with Gasteiger partial charge in [-0.05, 0) is 41.7 Å². The van der Waals surface area contributed by atoms with Gasteiger partial charge in [0.2, 0.25) is 11.8 Å². The molecule has 0 aromatic carbocycles. The van der Waals surface area contributed by atoms with Gasteiger partial charge in [0.25, 0.3) is 0 Å². The van der Waals surface area contributed by atoms with Gasteiger partial charge in [-0.3, -0.25) is 9.59 Å². The molecule has 0 saturated carbocycles. The highest BCUT2D eigenvalue weighted by atomic mass is 16.2. The van der Waals surface area contributed by atoms with E-state index in [1.165, 1.54) is 0 Å².